The first-order valence-corrected chi connectivity index (χ1v) is 25.3. The summed E-state index contributed by atoms with van der Waals surface area (Å²) in [6.45, 7) is 23.9. The van der Waals surface area contributed by atoms with Gasteiger partial charge in [-0.1, -0.05) is 142 Å². The molecule has 5 heteroatoms. The largest absolute Gasteiger partial charge is 0.376 e. The highest BCUT2D eigenvalue weighted by Crippen LogP contribution is 2.56. The number of fused-ring (bicyclic) bond motifs is 15. The summed E-state index contributed by atoms with van der Waals surface area (Å²) in [5.41, 5.74) is 19.3. The minimum Gasteiger partial charge on any atom is -0.376 e. The van der Waals surface area contributed by atoms with Crippen molar-refractivity contribution in [3.8, 4) is 27.3 Å². The van der Waals surface area contributed by atoms with E-state index in [1.165, 1.54) is 137 Å². The van der Waals surface area contributed by atoms with E-state index in [4.69, 9.17) is 0 Å². The van der Waals surface area contributed by atoms with Crippen molar-refractivity contribution in [2.75, 3.05) is 4.81 Å². The molecule has 0 N–H and O–H groups in total. The summed E-state index contributed by atoms with van der Waals surface area (Å²) in [5, 5.41) is 6.85. The lowest BCUT2D eigenvalue weighted by Gasteiger charge is -2.46. The molecule has 5 heterocycles. The standard InChI is InChI=1S/C60H55BN2S2/c1-57(2,3)36-20-23-38(24-21-36)63-46-32-43-42(59(7,8)26-27-60(43,9)10)31-41(46)51-52-39-18-14-15-19-48(39)65-56(52)53-40-30-37(58(4,5)6)22-25-45(40)62-47-33-50-35(28-44(47)61(63)54(51)55(53)62)29-49(64-50)34-16-12-11-13-17-34/h11-25,28-33H,26-27H2,1-10H3. The van der Waals surface area contributed by atoms with Crippen LogP contribution in [0.25, 0.3) is 79.3 Å². The van der Waals surface area contributed by atoms with Gasteiger partial charge in [-0.05, 0) is 139 Å². The molecule has 3 aliphatic rings. The molecule has 0 amide bonds. The Balaban J connectivity index is 1.26. The first-order chi connectivity index (χ1) is 31.0. The number of hydrogen-bond donors (Lipinski definition) is 0. The van der Waals surface area contributed by atoms with Crippen LogP contribution >= 0.6 is 22.7 Å². The van der Waals surface area contributed by atoms with Gasteiger partial charge in [-0.15, -0.1) is 22.7 Å². The summed E-state index contributed by atoms with van der Waals surface area (Å²) in [7, 11) is 0. The molecule has 1 aliphatic carbocycles. The fraction of sp³-hybridized carbons (Fsp3) is 0.267. The Morgan fingerprint density at radius 2 is 1.26 bits per heavy atom. The number of anilines is 2. The van der Waals surface area contributed by atoms with E-state index in [-0.39, 0.29) is 28.5 Å². The quantitative estimate of drug-likeness (QED) is 0.157. The number of aromatic nitrogens is 1. The summed E-state index contributed by atoms with van der Waals surface area (Å²) in [5.74, 6) is 0. The van der Waals surface area contributed by atoms with Gasteiger partial charge in [-0.3, -0.25) is 0 Å². The molecule has 0 fully saturated rings. The average molecular weight is 879 g/mol. The van der Waals surface area contributed by atoms with Crippen LogP contribution in [0.3, 0.4) is 0 Å². The first kappa shape index (κ1) is 39.7. The van der Waals surface area contributed by atoms with Gasteiger partial charge in [0.05, 0.1) is 11.0 Å². The van der Waals surface area contributed by atoms with E-state index in [0.29, 0.717) is 0 Å². The van der Waals surface area contributed by atoms with Gasteiger partial charge in [-0.2, -0.15) is 0 Å². The van der Waals surface area contributed by atoms with E-state index >= 15 is 0 Å². The highest BCUT2D eigenvalue weighted by molar-refractivity contribution is 7.27. The van der Waals surface area contributed by atoms with Crippen molar-refractivity contribution in [1.82, 2.24) is 4.57 Å². The van der Waals surface area contributed by atoms with Crippen LogP contribution in [0.4, 0.5) is 11.4 Å². The van der Waals surface area contributed by atoms with Crippen molar-refractivity contribution in [3.05, 3.63) is 150 Å². The van der Waals surface area contributed by atoms with Gasteiger partial charge in [0.2, 0.25) is 0 Å². The molecule has 10 aromatic rings. The smallest absolute Gasteiger partial charge is 0.333 e. The van der Waals surface area contributed by atoms with Crippen molar-refractivity contribution in [1.29, 1.82) is 0 Å². The molecule has 2 aliphatic heterocycles. The minimum absolute atomic E-state index is 0.00230. The number of thiophene rings is 2. The predicted molar refractivity (Wildman–Crippen MR) is 286 cm³/mol. The zero-order valence-corrected chi connectivity index (χ0v) is 41.0. The van der Waals surface area contributed by atoms with Crippen molar-refractivity contribution in [2.24, 2.45) is 0 Å². The number of benzene rings is 7. The predicted octanol–water partition coefficient (Wildman–Crippen LogP) is 16.2. The fourth-order valence-corrected chi connectivity index (χ4v) is 14.3. The molecule has 0 radical (unpaired) electrons. The Hall–Kier alpha value is -5.62. The Kier molecular flexibility index (Phi) is 7.97. The molecule has 0 saturated carbocycles. The van der Waals surface area contributed by atoms with E-state index in [1.807, 2.05) is 22.7 Å². The van der Waals surface area contributed by atoms with Crippen molar-refractivity contribution in [3.63, 3.8) is 0 Å². The molecule has 0 atom stereocenters. The van der Waals surface area contributed by atoms with Crippen LogP contribution in [0.1, 0.15) is 104 Å². The monoisotopic (exact) mass is 878 g/mol. The van der Waals surface area contributed by atoms with E-state index in [1.54, 1.807) is 0 Å². The SMILES string of the molecule is CC(C)(C)c1ccc(N2B3c4cc5cc(-c6ccccc6)sc5cc4-n4c5ccc(C(C)(C)C)cc5c5c6sc7ccccc7c6c(c3c54)-c3cc4c(cc32)C(C)(C)CCC4(C)C)cc1. The maximum Gasteiger partial charge on any atom is 0.333 e. The molecule has 7 aromatic carbocycles. The molecule has 2 nitrogen and oxygen atoms in total. The summed E-state index contributed by atoms with van der Waals surface area (Å²) in [6, 6.07) is 50.1. The lowest BCUT2D eigenvalue weighted by atomic mass is 9.43. The molecular weight excluding hydrogens is 824 g/mol. The maximum absolute atomic E-state index is 2.78. The summed E-state index contributed by atoms with van der Waals surface area (Å²) >= 11 is 3.91. The molecule has 0 bridgehead atoms. The third-order valence-electron chi connectivity index (χ3n) is 15.7. The zero-order chi connectivity index (χ0) is 44.7. The van der Waals surface area contributed by atoms with Crippen LogP contribution in [-0.4, -0.2) is 11.4 Å². The lowest BCUT2D eigenvalue weighted by Crippen LogP contribution is -2.60. The molecule has 0 unspecified atom stereocenters. The molecule has 65 heavy (non-hydrogen) atoms. The lowest BCUT2D eigenvalue weighted by molar-refractivity contribution is 0.332. The van der Waals surface area contributed by atoms with Gasteiger partial charge in [0.15, 0.2) is 0 Å². The molecule has 13 rings (SSSR count). The summed E-state index contributed by atoms with van der Waals surface area (Å²) in [6.07, 6.45) is 2.35. The minimum atomic E-state index is -0.0697. The van der Waals surface area contributed by atoms with Crippen LogP contribution in [0, 0.1) is 0 Å². The molecule has 0 spiro atoms. The van der Waals surface area contributed by atoms with Crippen molar-refractivity contribution >= 4 is 104 Å². The van der Waals surface area contributed by atoms with Crippen molar-refractivity contribution in [2.45, 2.75) is 104 Å². The Morgan fingerprint density at radius 3 is 1.98 bits per heavy atom. The molecule has 320 valence electrons. The average Bonchev–Trinajstić information content (AvgIpc) is 3.98. The van der Waals surface area contributed by atoms with Gasteiger partial charge in [-0.25, -0.2) is 0 Å². The maximum atomic E-state index is 2.78. The molecular formula is C60H55BN2S2. The second-order valence-corrected chi connectivity index (χ2v) is 24.9. The van der Waals surface area contributed by atoms with E-state index in [0.717, 1.165) is 0 Å². The van der Waals surface area contributed by atoms with Crippen molar-refractivity contribution < 1.29 is 0 Å². The van der Waals surface area contributed by atoms with Crippen LogP contribution in [0.2, 0.25) is 0 Å². The van der Waals surface area contributed by atoms with Crippen LogP contribution in [0.15, 0.2) is 127 Å². The molecule has 0 saturated heterocycles. The van der Waals surface area contributed by atoms with Crippen LogP contribution in [-0.2, 0) is 21.7 Å². The Morgan fingerprint density at radius 1 is 0.585 bits per heavy atom. The highest BCUT2D eigenvalue weighted by Gasteiger charge is 2.48. The highest BCUT2D eigenvalue weighted by atomic mass is 32.1. The summed E-state index contributed by atoms with van der Waals surface area (Å²) < 4.78 is 6.79. The third kappa shape index (κ3) is 5.52. The van der Waals surface area contributed by atoms with Gasteiger partial charge in [0.1, 0.15) is 0 Å². The normalized spacial score (nSPS) is 16.2. The second-order valence-electron chi connectivity index (χ2n) is 22.8. The number of nitrogens with zero attached hydrogens (tertiary/aromatic N) is 2. The van der Waals surface area contributed by atoms with Gasteiger partial charge in [0.25, 0.3) is 0 Å². The summed E-state index contributed by atoms with van der Waals surface area (Å²) in [4.78, 5) is 4.09. The Labute approximate surface area is 391 Å². The van der Waals surface area contributed by atoms with E-state index in [2.05, 4.69) is 206 Å². The topological polar surface area (TPSA) is 8.17 Å². The Bertz CT molecular complexity index is 3680. The number of rotatable bonds is 2. The van der Waals surface area contributed by atoms with Crippen LogP contribution in [0.5, 0.6) is 0 Å². The third-order valence-corrected chi connectivity index (χ3v) is 18.1. The zero-order valence-electron chi connectivity index (χ0n) is 39.3. The van der Waals surface area contributed by atoms with Crippen LogP contribution < -0.4 is 15.7 Å². The van der Waals surface area contributed by atoms with Gasteiger partial charge < -0.3 is 9.38 Å². The van der Waals surface area contributed by atoms with E-state index in [9.17, 15) is 0 Å². The second kappa shape index (κ2) is 13.0. The van der Waals surface area contributed by atoms with Gasteiger partial charge in [0, 0.05) is 63.1 Å². The first-order valence-electron chi connectivity index (χ1n) is 23.7. The number of hydrogen-bond acceptors (Lipinski definition) is 3. The van der Waals surface area contributed by atoms with E-state index < -0.39 is 0 Å². The molecule has 3 aromatic heterocycles. The van der Waals surface area contributed by atoms with Gasteiger partial charge >= 0.3 is 6.85 Å². The fourth-order valence-electron chi connectivity index (χ4n) is 12.0.